The van der Waals surface area contributed by atoms with Gasteiger partial charge in [-0.2, -0.15) is 0 Å². The van der Waals surface area contributed by atoms with Gasteiger partial charge in [-0.1, -0.05) is 11.6 Å². The molecule has 0 bridgehead atoms. The molecule has 0 saturated carbocycles. The smallest absolute Gasteiger partial charge is 0.326 e. The van der Waals surface area contributed by atoms with Gasteiger partial charge >= 0.3 is 5.97 Å². The Morgan fingerprint density at radius 3 is 2.79 bits per heavy atom. The first kappa shape index (κ1) is 20.6. The van der Waals surface area contributed by atoms with Crippen molar-refractivity contribution in [3.8, 4) is 11.3 Å². The number of ether oxygens (including phenoxy) is 1. The summed E-state index contributed by atoms with van der Waals surface area (Å²) in [5.74, 6) is -0.727. The second-order valence-corrected chi connectivity index (χ2v) is 7.10. The Kier molecular flexibility index (Phi) is 6.04. The second kappa shape index (κ2) is 8.50. The number of rotatable bonds is 6. The summed E-state index contributed by atoms with van der Waals surface area (Å²) >= 11 is 6.48. The molecule has 0 aliphatic carbocycles. The number of thioether (sulfide) groups is 1. The van der Waals surface area contributed by atoms with Crippen LogP contribution in [0.2, 0.25) is 5.02 Å². The number of halogens is 1. The van der Waals surface area contributed by atoms with Crippen molar-refractivity contribution in [2.75, 3.05) is 13.2 Å². The van der Waals surface area contributed by atoms with Crippen LogP contribution in [0, 0.1) is 10.1 Å². The summed E-state index contributed by atoms with van der Waals surface area (Å²) in [5, 5.41) is 10.4. The van der Waals surface area contributed by atoms with Crippen LogP contribution in [0.4, 0.5) is 10.5 Å². The number of nitro benzene ring substituents is 1. The maximum absolute atomic E-state index is 12.4. The second-order valence-electron chi connectivity index (χ2n) is 5.70. The van der Waals surface area contributed by atoms with E-state index in [0.717, 1.165) is 4.90 Å². The summed E-state index contributed by atoms with van der Waals surface area (Å²) in [6.45, 7) is 1.30. The monoisotopic (exact) mass is 436 g/mol. The van der Waals surface area contributed by atoms with Crippen molar-refractivity contribution in [2.24, 2.45) is 0 Å². The fourth-order valence-corrected chi connectivity index (χ4v) is 3.50. The summed E-state index contributed by atoms with van der Waals surface area (Å²) < 4.78 is 10.4. The molecule has 2 amide bonds. The molecule has 3 rings (SSSR count). The first-order valence-corrected chi connectivity index (χ1v) is 9.44. The molecule has 1 aliphatic rings. The van der Waals surface area contributed by atoms with E-state index >= 15 is 0 Å². The van der Waals surface area contributed by atoms with Gasteiger partial charge in [0.15, 0.2) is 0 Å². The van der Waals surface area contributed by atoms with E-state index < -0.39 is 28.6 Å². The Balaban J connectivity index is 1.81. The molecule has 0 radical (unpaired) electrons. The van der Waals surface area contributed by atoms with Crippen LogP contribution in [-0.4, -0.2) is 40.1 Å². The number of hydrogen-bond donors (Lipinski definition) is 0. The van der Waals surface area contributed by atoms with E-state index in [0.29, 0.717) is 23.1 Å². The number of esters is 1. The zero-order valence-corrected chi connectivity index (χ0v) is 16.5. The quantitative estimate of drug-likeness (QED) is 0.287. The van der Waals surface area contributed by atoms with Gasteiger partial charge < -0.3 is 9.15 Å². The third kappa shape index (κ3) is 4.49. The fraction of sp³-hybridized carbons (Fsp3) is 0.167. The maximum atomic E-state index is 12.4. The molecule has 0 spiro atoms. The van der Waals surface area contributed by atoms with E-state index in [2.05, 4.69) is 0 Å². The lowest BCUT2D eigenvalue weighted by Crippen LogP contribution is -2.34. The molecule has 150 valence electrons. The molecule has 1 aromatic heterocycles. The molecule has 2 aromatic rings. The average molecular weight is 437 g/mol. The van der Waals surface area contributed by atoms with Gasteiger partial charge in [0.25, 0.3) is 16.8 Å². The average Bonchev–Trinajstić information content (AvgIpc) is 3.23. The third-order valence-electron chi connectivity index (χ3n) is 3.79. The summed E-state index contributed by atoms with van der Waals surface area (Å²) in [5.41, 5.74) is 0.165. The van der Waals surface area contributed by atoms with Crippen molar-refractivity contribution >= 4 is 52.2 Å². The molecule has 9 nitrogen and oxygen atoms in total. The Bertz CT molecular complexity index is 1050. The molecule has 0 N–H and O–H groups in total. The molecule has 1 aliphatic heterocycles. The highest BCUT2D eigenvalue weighted by molar-refractivity contribution is 8.18. The largest absolute Gasteiger partial charge is 0.465 e. The van der Waals surface area contributed by atoms with Gasteiger partial charge in [-0.3, -0.25) is 29.4 Å². The number of furan rings is 1. The minimum Gasteiger partial charge on any atom is -0.465 e. The van der Waals surface area contributed by atoms with Gasteiger partial charge in [-0.05, 0) is 43.0 Å². The number of imide groups is 1. The summed E-state index contributed by atoms with van der Waals surface area (Å²) in [6.07, 6.45) is 1.36. The molecule has 2 heterocycles. The van der Waals surface area contributed by atoms with Crippen molar-refractivity contribution in [2.45, 2.75) is 6.92 Å². The van der Waals surface area contributed by atoms with E-state index in [9.17, 15) is 24.5 Å². The predicted molar refractivity (Wildman–Crippen MR) is 105 cm³/mol. The van der Waals surface area contributed by atoms with Gasteiger partial charge in [-0.25, -0.2) is 0 Å². The van der Waals surface area contributed by atoms with E-state index in [1.54, 1.807) is 25.1 Å². The predicted octanol–water partition coefficient (Wildman–Crippen LogP) is 4.11. The molecule has 1 aromatic carbocycles. The van der Waals surface area contributed by atoms with Crippen molar-refractivity contribution in [1.29, 1.82) is 0 Å². The summed E-state index contributed by atoms with van der Waals surface area (Å²) in [6, 6.07) is 7.35. The number of hydrogen-bond acceptors (Lipinski definition) is 8. The van der Waals surface area contributed by atoms with Crippen molar-refractivity contribution < 1.29 is 28.5 Å². The zero-order chi connectivity index (χ0) is 21.1. The van der Waals surface area contributed by atoms with Crippen LogP contribution in [-0.2, 0) is 14.3 Å². The molecule has 0 unspecified atom stereocenters. The zero-order valence-electron chi connectivity index (χ0n) is 14.9. The van der Waals surface area contributed by atoms with Gasteiger partial charge in [0.05, 0.1) is 16.4 Å². The van der Waals surface area contributed by atoms with Crippen molar-refractivity contribution in [3.05, 3.63) is 56.1 Å². The Morgan fingerprint density at radius 1 is 1.34 bits per heavy atom. The maximum Gasteiger partial charge on any atom is 0.326 e. The standard InChI is InChI=1S/C18H13ClN2O7S/c1-2-27-16(22)9-20-17(23)15(29-18(20)24)8-11-4-6-14(28-11)10-3-5-12(19)13(7-10)21(25)26/h3-8H,2,9H2,1H3. The van der Waals surface area contributed by atoms with Crippen LogP contribution in [0.15, 0.2) is 39.7 Å². The van der Waals surface area contributed by atoms with Crippen LogP contribution in [0.25, 0.3) is 17.4 Å². The van der Waals surface area contributed by atoms with Crippen LogP contribution in [0.3, 0.4) is 0 Å². The van der Waals surface area contributed by atoms with Gasteiger partial charge in [0, 0.05) is 17.7 Å². The lowest BCUT2D eigenvalue weighted by atomic mass is 10.1. The Hall–Kier alpha value is -3.11. The normalized spacial score (nSPS) is 15.2. The van der Waals surface area contributed by atoms with E-state index in [1.807, 2.05) is 0 Å². The lowest BCUT2D eigenvalue weighted by Gasteiger charge is -2.10. The van der Waals surface area contributed by atoms with Crippen molar-refractivity contribution in [1.82, 2.24) is 4.90 Å². The van der Waals surface area contributed by atoms with E-state index in [-0.39, 0.29) is 28.0 Å². The Morgan fingerprint density at radius 2 is 2.10 bits per heavy atom. The highest BCUT2D eigenvalue weighted by Gasteiger charge is 2.36. The van der Waals surface area contributed by atoms with Crippen LogP contribution < -0.4 is 0 Å². The van der Waals surface area contributed by atoms with E-state index in [4.69, 9.17) is 20.8 Å². The highest BCUT2D eigenvalue weighted by Crippen LogP contribution is 2.34. The van der Waals surface area contributed by atoms with Crippen LogP contribution >= 0.6 is 23.4 Å². The lowest BCUT2D eigenvalue weighted by molar-refractivity contribution is -0.384. The number of carbonyl (C=O) groups is 3. The van der Waals surface area contributed by atoms with Gasteiger partial charge in [0.2, 0.25) is 0 Å². The minimum absolute atomic E-state index is 0.000744. The molecular formula is C18H13ClN2O7S. The fourth-order valence-electron chi connectivity index (χ4n) is 2.49. The van der Waals surface area contributed by atoms with Crippen LogP contribution in [0.1, 0.15) is 12.7 Å². The Labute approximate surface area is 173 Å². The molecular weight excluding hydrogens is 424 g/mol. The van der Waals surface area contributed by atoms with Gasteiger partial charge in [0.1, 0.15) is 23.1 Å². The topological polar surface area (TPSA) is 120 Å². The molecule has 0 atom stereocenters. The molecule has 1 fully saturated rings. The first-order valence-electron chi connectivity index (χ1n) is 8.25. The minimum atomic E-state index is -0.680. The van der Waals surface area contributed by atoms with E-state index in [1.165, 1.54) is 18.2 Å². The molecule has 11 heteroatoms. The summed E-state index contributed by atoms with van der Waals surface area (Å²) in [4.78, 5) is 47.2. The molecule has 29 heavy (non-hydrogen) atoms. The number of carbonyl (C=O) groups excluding carboxylic acids is 3. The van der Waals surface area contributed by atoms with Gasteiger partial charge in [-0.15, -0.1) is 0 Å². The number of nitro groups is 1. The van der Waals surface area contributed by atoms with Crippen molar-refractivity contribution in [3.63, 3.8) is 0 Å². The highest BCUT2D eigenvalue weighted by atomic mass is 35.5. The molecule has 1 saturated heterocycles. The first-order chi connectivity index (χ1) is 13.8. The van der Waals surface area contributed by atoms with Crippen LogP contribution in [0.5, 0.6) is 0 Å². The number of benzene rings is 1. The summed E-state index contributed by atoms with van der Waals surface area (Å²) in [7, 11) is 0. The number of amides is 2. The SMILES string of the molecule is CCOC(=O)CN1C(=O)SC(=Cc2ccc(-c3ccc(Cl)c([N+](=O)[O-])c3)o2)C1=O. The number of nitrogens with zero attached hydrogens (tertiary/aromatic N) is 2. The third-order valence-corrected chi connectivity index (χ3v) is 5.02.